The molecular weight excluding hydrogens is 238 g/mol. The van der Waals surface area contributed by atoms with Gasteiger partial charge >= 0.3 is 0 Å². The molecule has 1 heterocycles. The molecule has 6 heteroatoms. The van der Waals surface area contributed by atoms with Crippen LogP contribution in [0.5, 0.6) is 0 Å². The van der Waals surface area contributed by atoms with Crippen molar-refractivity contribution >= 4 is 23.1 Å². The lowest BCUT2D eigenvalue weighted by Crippen LogP contribution is -2.11. The number of amides is 1. The molecule has 2 aromatic rings. The summed E-state index contributed by atoms with van der Waals surface area (Å²) in [5, 5.41) is 15.4. The number of carbonyl (C=O) groups excluding carboxylic acids is 1. The van der Waals surface area contributed by atoms with Crippen molar-refractivity contribution in [2.24, 2.45) is 0 Å². The van der Waals surface area contributed by atoms with Gasteiger partial charge < -0.3 is 10.4 Å². The molecule has 2 rings (SSSR count). The zero-order valence-electron chi connectivity index (χ0n) is 9.17. The fourth-order valence-electron chi connectivity index (χ4n) is 1.32. The van der Waals surface area contributed by atoms with Crippen LogP contribution in [0.4, 0.5) is 5.69 Å². The van der Waals surface area contributed by atoms with E-state index in [0.717, 1.165) is 17.1 Å². The number of carbonyl (C=O) groups is 1. The van der Waals surface area contributed by atoms with E-state index in [1.165, 1.54) is 0 Å². The van der Waals surface area contributed by atoms with Gasteiger partial charge in [0.2, 0.25) is 0 Å². The highest BCUT2D eigenvalue weighted by molar-refractivity contribution is 7.08. The normalized spacial score (nSPS) is 10.2. The van der Waals surface area contributed by atoms with Gasteiger partial charge in [-0.3, -0.25) is 4.79 Å². The first kappa shape index (κ1) is 11.7. The summed E-state index contributed by atoms with van der Waals surface area (Å²) >= 11 is 1.07. The number of nitrogens with zero attached hydrogens (tertiary/aromatic N) is 2. The van der Waals surface area contributed by atoms with E-state index in [1.54, 1.807) is 31.2 Å². The van der Waals surface area contributed by atoms with Crippen molar-refractivity contribution in [1.82, 2.24) is 9.59 Å². The van der Waals surface area contributed by atoms with Gasteiger partial charge in [0.25, 0.3) is 5.91 Å². The van der Waals surface area contributed by atoms with Crippen molar-refractivity contribution in [3.05, 3.63) is 40.4 Å². The van der Waals surface area contributed by atoms with E-state index in [2.05, 4.69) is 14.9 Å². The summed E-state index contributed by atoms with van der Waals surface area (Å²) in [6.45, 7) is 1.74. The van der Waals surface area contributed by atoms with Gasteiger partial charge in [-0.05, 0) is 36.2 Å². The van der Waals surface area contributed by atoms with E-state index >= 15 is 0 Å². The van der Waals surface area contributed by atoms with Crippen LogP contribution in [0.25, 0.3) is 0 Å². The van der Waals surface area contributed by atoms with Crippen LogP contribution in [0.15, 0.2) is 24.3 Å². The number of nitrogens with one attached hydrogen (secondary N) is 1. The maximum Gasteiger partial charge on any atom is 0.269 e. The number of rotatable bonds is 3. The minimum Gasteiger partial charge on any atom is -0.392 e. The lowest BCUT2D eigenvalue weighted by Gasteiger charge is -2.04. The zero-order chi connectivity index (χ0) is 12.3. The summed E-state index contributed by atoms with van der Waals surface area (Å²) in [6, 6.07) is 7.00. The molecular formula is C11H11N3O2S. The van der Waals surface area contributed by atoms with E-state index in [0.29, 0.717) is 16.3 Å². The van der Waals surface area contributed by atoms with Crippen LogP contribution in [0, 0.1) is 6.92 Å². The van der Waals surface area contributed by atoms with Gasteiger partial charge in [0.05, 0.1) is 12.3 Å². The first-order valence-electron chi connectivity index (χ1n) is 5.01. The molecule has 0 spiro atoms. The summed E-state index contributed by atoms with van der Waals surface area (Å²) in [6.07, 6.45) is 0. The number of aryl methyl sites for hydroxylation is 1. The molecule has 5 nitrogen and oxygen atoms in total. The third-order valence-corrected chi connectivity index (χ3v) is 3.08. The summed E-state index contributed by atoms with van der Waals surface area (Å²) in [5.74, 6) is -0.214. The predicted octanol–water partition coefficient (Wildman–Crippen LogP) is 1.59. The largest absolute Gasteiger partial charge is 0.392 e. The first-order valence-corrected chi connectivity index (χ1v) is 5.78. The van der Waals surface area contributed by atoms with Gasteiger partial charge in [0.15, 0.2) is 0 Å². The number of anilines is 1. The topological polar surface area (TPSA) is 75.1 Å². The summed E-state index contributed by atoms with van der Waals surface area (Å²) in [7, 11) is 0. The zero-order valence-corrected chi connectivity index (χ0v) is 9.99. The van der Waals surface area contributed by atoms with Gasteiger partial charge in [-0.2, -0.15) is 0 Å². The van der Waals surface area contributed by atoms with Crippen LogP contribution >= 0.6 is 11.5 Å². The van der Waals surface area contributed by atoms with E-state index in [1.807, 2.05) is 0 Å². The van der Waals surface area contributed by atoms with Gasteiger partial charge in [-0.15, -0.1) is 5.10 Å². The highest BCUT2D eigenvalue weighted by atomic mass is 32.1. The molecule has 0 bridgehead atoms. The molecule has 0 atom stereocenters. The standard InChI is InChI=1S/C11H11N3O2S/c1-7-10(17-14-13-7)11(16)12-9-4-2-8(6-15)3-5-9/h2-5,15H,6H2,1H3,(H,12,16). The molecule has 0 aliphatic carbocycles. The summed E-state index contributed by atoms with van der Waals surface area (Å²) in [5.41, 5.74) is 2.11. The molecule has 1 aromatic carbocycles. The van der Waals surface area contributed by atoms with Gasteiger partial charge in [-0.1, -0.05) is 16.6 Å². The average Bonchev–Trinajstić information content (AvgIpc) is 2.76. The Morgan fingerprint density at radius 1 is 1.41 bits per heavy atom. The number of benzene rings is 1. The minimum absolute atomic E-state index is 0.00784. The summed E-state index contributed by atoms with van der Waals surface area (Å²) < 4.78 is 3.71. The molecule has 1 aromatic heterocycles. The Bertz CT molecular complexity index is 522. The summed E-state index contributed by atoms with van der Waals surface area (Å²) in [4.78, 5) is 12.3. The third-order valence-electron chi connectivity index (χ3n) is 2.25. The number of hydrogen-bond donors (Lipinski definition) is 2. The Morgan fingerprint density at radius 2 is 2.12 bits per heavy atom. The van der Waals surface area contributed by atoms with Gasteiger partial charge in [0, 0.05) is 5.69 Å². The number of aromatic nitrogens is 2. The fraction of sp³-hybridized carbons (Fsp3) is 0.182. The van der Waals surface area contributed by atoms with Crippen LogP contribution in [0.3, 0.4) is 0 Å². The number of aliphatic hydroxyl groups excluding tert-OH is 1. The van der Waals surface area contributed by atoms with Crippen LogP contribution in [0.2, 0.25) is 0 Å². The van der Waals surface area contributed by atoms with Crippen molar-refractivity contribution in [3.63, 3.8) is 0 Å². The van der Waals surface area contributed by atoms with Gasteiger partial charge in [0.1, 0.15) is 4.88 Å². The Hall–Kier alpha value is -1.79. The van der Waals surface area contributed by atoms with Crippen molar-refractivity contribution in [2.75, 3.05) is 5.32 Å². The molecule has 0 saturated heterocycles. The monoisotopic (exact) mass is 249 g/mol. The van der Waals surface area contributed by atoms with Crippen molar-refractivity contribution in [1.29, 1.82) is 0 Å². The van der Waals surface area contributed by atoms with Crippen molar-refractivity contribution < 1.29 is 9.90 Å². The maximum atomic E-state index is 11.8. The molecule has 1 amide bonds. The van der Waals surface area contributed by atoms with E-state index < -0.39 is 0 Å². The lowest BCUT2D eigenvalue weighted by atomic mass is 10.2. The van der Waals surface area contributed by atoms with Crippen LogP contribution < -0.4 is 5.32 Å². The second kappa shape index (κ2) is 5.03. The molecule has 0 aliphatic rings. The Labute approximate surface area is 102 Å². The smallest absolute Gasteiger partial charge is 0.269 e. The molecule has 0 fully saturated rings. The van der Waals surface area contributed by atoms with Crippen LogP contribution in [-0.2, 0) is 6.61 Å². The van der Waals surface area contributed by atoms with Crippen LogP contribution in [-0.4, -0.2) is 20.6 Å². The molecule has 17 heavy (non-hydrogen) atoms. The number of hydrogen-bond acceptors (Lipinski definition) is 5. The average molecular weight is 249 g/mol. The third kappa shape index (κ3) is 2.66. The second-order valence-corrected chi connectivity index (χ2v) is 4.25. The van der Waals surface area contributed by atoms with Crippen molar-refractivity contribution in [2.45, 2.75) is 13.5 Å². The van der Waals surface area contributed by atoms with Crippen LogP contribution in [0.1, 0.15) is 20.9 Å². The van der Waals surface area contributed by atoms with Crippen molar-refractivity contribution in [3.8, 4) is 0 Å². The number of aliphatic hydroxyl groups is 1. The second-order valence-electron chi connectivity index (χ2n) is 3.50. The van der Waals surface area contributed by atoms with E-state index in [9.17, 15) is 4.79 Å². The fourth-order valence-corrected chi connectivity index (χ4v) is 1.87. The quantitative estimate of drug-likeness (QED) is 0.866. The Morgan fingerprint density at radius 3 is 2.65 bits per heavy atom. The molecule has 0 aliphatic heterocycles. The lowest BCUT2D eigenvalue weighted by molar-refractivity contribution is 0.103. The van der Waals surface area contributed by atoms with E-state index in [-0.39, 0.29) is 12.5 Å². The Kier molecular flexibility index (Phi) is 3.46. The Balaban J connectivity index is 2.10. The molecule has 0 saturated carbocycles. The minimum atomic E-state index is -0.214. The predicted molar refractivity (Wildman–Crippen MR) is 65.0 cm³/mol. The highest BCUT2D eigenvalue weighted by Gasteiger charge is 2.12. The maximum absolute atomic E-state index is 11.8. The molecule has 0 radical (unpaired) electrons. The van der Waals surface area contributed by atoms with E-state index in [4.69, 9.17) is 5.11 Å². The first-order chi connectivity index (χ1) is 8.20. The SMILES string of the molecule is Cc1nnsc1C(=O)Nc1ccc(CO)cc1. The molecule has 0 unspecified atom stereocenters. The molecule has 2 N–H and O–H groups in total. The highest BCUT2D eigenvalue weighted by Crippen LogP contribution is 2.14. The van der Waals surface area contributed by atoms with Gasteiger partial charge in [-0.25, -0.2) is 0 Å². The molecule has 88 valence electrons.